The molecule has 2 aromatic rings. The van der Waals surface area contributed by atoms with Crippen LogP contribution < -0.4 is 21.2 Å². The average molecular weight is 399 g/mol. The molecule has 0 fully saturated rings. The predicted molar refractivity (Wildman–Crippen MR) is 78.2 cm³/mol. The van der Waals surface area contributed by atoms with Crippen molar-refractivity contribution in [3.8, 4) is 0 Å². The van der Waals surface area contributed by atoms with E-state index in [1.165, 1.54) is 0 Å². The van der Waals surface area contributed by atoms with E-state index in [0.717, 1.165) is 11.1 Å². The molecule has 0 radical (unpaired) electrons. The van der Waals surface area contributed by atoms with E-state index in [0.29, 0.717) is 24.4 Å². The van der Waals surface area contributed by atoms with Crippen molar-refractivity contribution in [2.75, 3.05) is 11.2 Å². The summed E-state index contributed by atoms with van der Waals surface area (Å²) in [6.45, 7) is 1.54. The molecule has 4 heteroatoms. The number of hydrogen-bond donors (Lipinski definition) is 1. The summed E-state index contributed by atoms with van der Waals surface area (Å²) in [7, 11) is 0. The molecule has 21 heavy (non-hydrogen) atoms. The summed E-state index contributed by atoms with van der Waals surface area (Å²) in [5.74, 6) is 0. The van der Waals surface area contributed by atoms with Crippen LogP contribution in [0.4, 0.5) is 0 Å². The zero-order valence-corrected chi connectivity index (χ0v) is 14.0. The normalized spacial score (nSPS) is 12.4. The monoisotopic (exact) mass is 399 g/mol. The maximum absolute atomic E-state index is 9.87. The van der Waals surface area contributed by atoms with Crippen molar-refractivity contribution in [1.29, 1.82) is 0 Å². The molecule has 1 atom stereocenters. The Hall–Kier alpha value is -0.950. The summed E-state index contributed by atoms with van der Waals surface area (Å²) in [5, 5.41) is 9.87. The van der Waals surface area contributed by atoms with Gasteiger partial charge >= 0.3 is 136 Å². The summed E-state index contributed by atoms with van der Waals surface area (Å²) < 4.78 is 11.4. The first kappa shape index (κ1) is 16.4. The van der Waals surface area contributed by atoms with Gasteiger partial charge in [-0.05, 0) is 0 Å². The number of hydrogen-bond acceptors (Lipinski definition) is 3. The number of aliphatic hydroxyl groups excluding tert-OH is 1. The molecule has 1 N–H and O–H groups in total. The number of benzene rings is 2. The Morgan fingerprint density at radius 1 is 0.810 bits per heavy atom. The van der Waals surface area contributed by atoms with Gasteiger partial charge in [-0.3, -0.25) is 0 Å². The Morgan fingerprint density at radius 2 is 1.33 bits per heavy atom. The Labute approximate surface area is 136 Å². The zero-order chi connectivity index (χ0) is 14.8. The number of rotatable bonds is 9. The molecule has 0 saturated carbocycles. The van der Waals surface area contributed by atoms with Crippen LogP contribution in [-0.4, -0.2) is 20.4 Å². The third kappa shape index (κ3) is 7.04. The minimum atomic E-state index is -0.411. The van der Waals surface area contributed by atoms with Crippen LogP contribution in [0.1, 0.15) is 11.1 Å². The van der Waals surface area contributed by atoms with Crippen LogP contribution in [0.25, 0.3) is 0 Å². The van der Waals surface area contributed by atoms with Gasteiger partial charge in [0.05, 0.1) is 0 Å². The van der Waals surface area contributed by atoms with E-state index < -0.39 is 21.2 Å². The molecule has 3 nitrogen and oxygen atoms in total. The van der Waals surface area contributed by atoms with Crippen molar-refractivity contribution < 1.29 is 35.8 Å². The summed E-state index contributed by atoms with van der Waals surface area (Å²) in [4.78, 5) is 0. The fraction of sp³-hybridized carbons (Fsp3) is 0.294. The minimum absolute atomic E-state index is 0.372. The van der Waals surface area contributed by atoms with E-state index in [9.17, 15) is 5.11 Å². The van der Waals surface area contributed by atoms with E-state index in [-0.39, 0.29) is 4.11 Å². The first-order valence-corrected chi connectivity index (χ1v) is 9.61. The van der Waals surface area contributed by atoms with Crippen LogP contribution >= 0.6 is 0 Å². The van der Waals surface area contributed by atoms with Crippen molar-refractivity contribution >= 4 is 0 Å². The molecule has 0 aromatic heterocycles. The molecule has 0 spiro atoms. The number of halogens is 1. The SMILES string of the molecule is O[C@H](COCc1ccccc1)[I-]COCc1ccccc1. The molecule has 0 aliphatic heterocycles. The molecule has 0 aliphatic carbocycles. The third-order valence-corrected chi connectivity index (χ3v) is 4.97. The van der Waals surface area contributed by atoms with Crippen LogP contribution in [0.5, 0.6) is 0 Å². The van der Waals surface area contributed by atoms with Gasteiger partial charge in [0.25, 0.3) is 0 Å². The second-order valence-corrected chi connectivity index (χ2v) is 7.47. The van der Waals surface area contributed by atoms with Gasteiger partial charge in [-0.15, -0.1) is 0 Å². The topological polar surface area (TPSA) is 38.7 Å². The van der Waals surface area contributed by atoms with Crippen LogP contribution in [0.3, 0.4) is 0 Å². The standard InChI is InChI=1S/C17H20IO3/c19-17(13-20-11-15-7-3-1-4-8-15)18-14-21-12-16-9-5-2-6-10-16/h1-10,17,19H,11-14H2/q-1/t17-/m1/s1. The molecular weight excluding hydrogens is 379 g/mol. The molecule has 114 valence electrons. The quantitative estimate of drug-likeness (QED) is 0.360. The molecule has 0 saturated heterocycles. The second-order valence-electron chi connectivity index (χ2n) is 4.53. The summed E-state index contributed by atoms with van der Waals surface area (Å²) in [5.41, 5.74) is 2.29. The van der Waals surface area contributed by atoms with Gasteiger partial charge in [0.2, 0.25) is 0 Å². The molecule has 0 amide bonds. The van der Waals surface area contributed by atoms with Crippen LogP contribution in [-0.2, 0) is 22.7 Å². The Morgan fingerprint density at radius 3 is 1.90 bits per heavy atom. The van der Waals surface area contributed by atoms with Crippen LogP contribution in [0.15, 0.2) is 60.7 Å². The van der Waals surface area contributed by atoms with Crippen LogP contribution in [0, 0.1) is 0 Å². The van der Waals surface area contributed by atoms with Gasteiger partial charge in [0.15, 0.2) is 0 Å². The molecule has 0 unspecified atom stereocenters. The fourth-order valence-corrected chi connectivity index (χ4v) is 3.14. The second kappa shape index (κ2) is 9.89. The Kier molecular flexibility index (Phi) is 7.73. The fourth-order valence-electron chi connectivity index (χ4n) is 1.74. The predicted octanol–water partition coefficient (Wildman–Crippen LogP) is -0.215. The van der Waals surface area contributed by atoms with Crippen molar-refractivity contribution in [3.05, 3.63) is 71.8 Å². The van der Waals surface area contributed by atoms with E-state index in [2.05, 4.69) is 0 Å². The number of ether oxygens (including phenoxy) is 2. The zero-order valence-electron chi connectivity index (χ0n) is 11.8. The summed E-state index contributed by atoms with van der Waals surface area (Å²) in [6.07, 6.45) is 0. The summed E-state index contributed by atoms with van der Waals surface area (Å²) in [6, 6.07) is 20.1. The molecular formula is C17H20IO3-. The van der Waals surface area contributed by atoms with Gasteiger partial charge in [-0.25, -0.2) is 0 Å². The molecule has 2 aromatic carbocycles. The van der Waals surface area contributed by atoms with E-state index in [1.807, 2.05) is 60.7 Å². The maximum atomic E-state index is 9.87. The van der Waals surface area contributed by atoms with Gasteiger partial charge in [0, 0.05) is 0 Å². The van der Waals surface area contributed by atoms with Crippen molar-refractivity contribution in [2.45, 2.75) is 17.3 Å². The third-order valence-electron chi connectivity index (χ3n) is 2.80. The summed E-state index contributed by atoms with van der Waals surface area (Å²) >= 11 is -0.411. The molecule has 2 rings (SSSR count). The van der Waals surface area contributed by atoms with E-state index in [4.69, 9.17) is 9.47 Å². The number of aliphatic hydroxyl groups is 1. The van der Waals surface area contributed by atoms with E-state index >= 15 is 0 Å². The van der Waals surface area contributed by atoms with Gasteiger partial charge in [0.1, 0.15) is 0 Å². The Bertz CT molecular complexity index is 490. The van der Waals surface area contributed by atoms with Gasteiger partial charge in [-0.1, -0.05) is 0 Å². The molecule has 0 aliphatic rings. The molecule has 0 bridgehead atoms. The van der Waals surface area contributed by atoms with Crippen molar-refractivity contribution in [2.24, 2.45) is 0 Å². The van der Waals surface area contributed by atoms with Gasteiger partial charge < -0.3 is 0 Å². The first-order chi connectivity index (χ1) is 10.3. The first-order valence-electron chi connectivity index (χ1n) is 6.84. The Balaban J connectivity index is 1.52. The van der Waals surface area contributed by atoms with Gasteiger partial charge in [-0.2, -0.15) is 0 Å². The van der Waals surface area contributed by atoms with Crippen LogP contribution in [0.2, 0.25) is 0 Å². The molecule has 0 heterocycles. The number of alkyl halides is 2. The van der Waals surface area contributed by atoms with Crippen molar-refractivity contribution in [1.82, 2.24) is 0 Å². The van der Waals surface area contributed by atoms with E-state index in [1.54, 1.807) is 0 Å². The van der Waals surface area contributed by atoms with Crippen molar-refractivity contribution in [3.63, 3.8) is 0 Å². The average Bonchev–Trinajstić information content (AvgIpc) is 2.54.